The molecule has 3 N–H and O–H groups in total. The first kappa shape index (κ1) is 15.4. The highest BCUT2D eigenvalue weighted by molar-refractivity contribution is 5.75. The summed E-state index contributed by atoms with van der Waals surface area (Å²) in [6.45, 7) is 3.94. The van der Waals surface area contributed by atoms with Gasteiger partial charge in [0.1, 0.15) is 5.82 Å². The summed E-state index contributed by atoms with van der Waals surface area (Å²) in [4.78, 5) is 26.2. The summed E-state index contributed by atoms with van der Waals surface area (Å²) >= 11 is 0. The first-order chi connectivity index (χ1) is 11.1. The molecule has 1 amide bonds. The van der Waals surface area contributed by atoms with Gasteiger partial charge >= 0.3 is 0 Å². The van der Waals surface area contributed by atoms with Crippen molar-refractivity contribution in [3.63, 3.8) is 0 Å². The van der Waals surface area contributed by atoms with Crippen molar-refractivity contribution in [1.29, 1.82) is 0 Å². The fourth-order valence-electron chi connectivity index (χ4n) is 2.82. The number of rotatable bonds is 5. The smallest absolute Gasteiger partial charge is 0.231 e. The Balaban J connectivity index is 1.71. The average molecular weight is 312 g/mol. The third-order valence-corrected chi connectivity index (χ3v) is 3.99. The maximum absolute atomic E-state index is 11.0. The molecule has 0 spiro atoms. The number of aryl methyl sites for hydroxylation is 1. The minimum atomic E-state index is -0.290. The molecule has 1 saturated heterocycles. The summed E-state index contributed by atoms with van der Waals surface area (Å²) in [7, 11) is 0. The Morgan fingerprint density at radius 1 is 1.39 bits per heavy atom. The Hall–Kier alpha value is -2.54. The Morgan fingerprint density at radius 3 is 3.04 bits per heavy atom. The molecule has 2 aromatic rings. The third kappa shape index (κ3) is 3.81. The van der Waals surface area contributed by atoms with Crippen LogP contribution in [-0.4, -0.2) is 45.4 Å². The molecule has 120 valence electrons. The minimum Gasteiger partial charge on any atom is -0.369 e. The van der Waals surface area contributed by atoms with Crippen LogP contribution in [0.15, 0.2) is 30.6 Å². The van der Waals surface area contributed by atoms with E-state index in [0.717, 1.165) is 36.6 Å². The fourth-order valence-corrected chi connectivity index (χ4v) is 2.82. The normalized spacial score (nSPS) is 18.0. The number of pyridine rings is 1. The number of carbonyl (C=O) groups is 1. The highest BCUT2D eigenvalue weighted by Gasteiger charge is 2.25. The van der Waals surface area contributed by atoms with E-state index >= 15 is 0 Å². The average Bonchev–Trinajstić information content (AvgIpc) is 2.98. The Labute approximate surface area is 135 Å². The van der Waals surface area contributed by atoms with Gasteiger partial charge in [-0.1, -0.05) is 6.07 Å². The van der Waals surface area contributed by atoms with Crippen LogP contribution in [0, 0.1) is 6.92 Å². The van der Waals surface area contributed by atoms with Crippen LogP contribution in [0.3, 0.4) is 0 Å². The van der Waals surface area contributed by atoms with Crippen molar-refractivity contribution in [1.82, 2.24) is 19.9 Å². The molecule has 7 heteroatoms. The van der Waals surface area contributed by atoms with Crippen molar-refractivity contribution < 1.29 is 4.79 Å². The van der Waals surface area contributed by atoms with Gasteiger partial charge in [0, 0.05) is 24.9 Å². The van der Waals surface area contributed by atoms with Gasteiger partial charge < -0.3 is 11.1 Å². The van der Waals surface area contributed by atoms with Crippen molar-refractivity contribution in [2.75, 3.05) is 25.0 Å². The monoisotopic (exact) mass is 312 g/mol. The van der Waals surface area contributed by atoms with Crippen molar-refractivity contribution in [3.8, 4) is 0 Å². The second-order valence-corrected chi connectivity index (χ2v) is 5.79. The molecule has 1 aliphatic heterocycles. The molecule has 1 aliphatic rings. The van der Waals surface area contributed by atoms with Gasteiger partial charge in [0.05, 0.1) is 12.2 Å². The molecule has 23 heavy (non-hydrogen) atoms. The number of primary amides is 1. The number of likely N-dealkylation sites (tertiary alicyclic amines) is 1. The Morgan fingerprint density at radius 2 is 2.26 bits per heavy atom. The Bertz CT molecular complexity index is 704. The number of aromatic nitrogens is 3. The molecule has 0 aromatic carbocycles. The molecule has 1 atom stereocenters. The summed E-state index contributed by atoms with van der Waals surface area (Å²) in [5.74, 6) is 1.30. The van der Waals surface area contributed by atoms with Crippen LogP contribution < -0.4 is 11.1 Å². The van der Waals surface area contributed by atoms with E-state index in [1.54, 1.807) is 12.4 Å². The topological polar surface area (TPSA) is 97.0 Å². The standard InChI is InChI=1S/C16H20N6O/c1-11-3-2-6-18-15(11)21-16-19-7-4-13(20-16)12-5-8-22(9-12)10-14(17)23/h2-4,6-7,12H,5,8-10H2,1H3,(H2,17,23)(H,18,19,20,21)/t12-/m0/s1. The number of nitrogens with two attached hydrogens (primary N) is 1. The van der Waals surface area contributed by atoms with Crippen molar-refractivity contribution in [2.45, 2.75) is 19.3 Å². The number of hydrogen-bond donors (Lipinski definition) is 2. The molecule has 0 radical (unpaired) electrons. The first-order valence-electron chi connectivity index (χ1n) is 7.64. The van der Waals surface area contributed by atoms with Crippen LogP contribution in [0.1, 0.15) is 23.6 Å². The van der Waals surface area contributed by atoms with Gasteiger partial charge in [0.15, 0.2) is 0 Å². The largest absolute Gasteiger partial charge is 0.369 e. The predicted molar refractivity (Wildman–Crippen MR) is 87.3 cm³/mol. The van der Waals surface area contributed by atoms with Gasteiger partial charge in [-0.2, -0.15) is 0 Å². The van der Waals surface area contributed by atoms with Crippen LogP contribution in [0.4, 0.5) is 11.8 Å². The van der Waals surface area contributed by atoms with E-state index in [4.69, 9.17) is 5.73 Å². The maximum Gasteiger partial charge on any atom is 0.231 e. The quantitative estimate of drug-likeness (QED) is 0.861. The molecule has 3 heterocycles. The van der Waals surface area contributed by atoms with Crippen LogP contribution in [0.5, 0.6) is 0 Å². The number of nitrogens with one attached hydrogen (secondary N) is 1. The predicted octanol–water partition coefficient (Wildman–Crippen LogP) is 1.20. The number of amides is 1. The van der Waals surface area contributed by atoms with Crippen molar-refractivity contribution >= 4 is 17.7 Å². The molecular weight excluding hydrogens is 292 g/mol. The third-order valence-electron chi connectivity index (χ3n) is 3.99. The second-order valence-electron chi connectivity index (χ2n) is 5.79. The van der Waals surface area contributed by atoms with Gasteiger partial charge in [0.2, 0.25) is 11.9 Å². The van der Waals surface area contributed by atoms with Gasteiger partial charge in [-0.25, -0.2) is 15.0 Å². The zero-order chi connectivity index (χ0) is 16.2. The second kappa shape index (κ2) is 6.70. The van der Waals surface area contributed by atoms with Crippen molar-refractivity contribution in [2.24, 2.45) is 5.73 Å². The summed E-state index contributed by atoms with van der Waals surface area (Å²) < 4.78 is 0. The van der Waals surface area contributed by atoms with Gasteiger partial charge in [-0.05, 0) is 37.6 Å². The molecule has 1 fully saturated rings. The SMILES string of the molecule is Cc1cccnc1Nc1nccc([C@H]2CCN(CC(N)=O)C2)n1. The van der Waals surface area contributed by atoms with Crippen LogP contribution in [0.2, 0.25) is 0 Å². The van der Waals surface area contributed by atoms with Crippen LogP contribution >= 0.6 is 0 Å². The van der Waals surface area contributed by atoms with E-state index in [9.17, 15) is 4.79 Å². The van der Waals surface area contributed by atoms with E-state index in [0.29, 0.717) is 18.4 Å². The highest BCUT2D eigenvalue weighted by atomic mass is 16.1. The lowest BCUT2D eigenvalue weighted by atomic mass is 10.1. The lowest BCUT2D eigenvalue weighted by Gasteiger charge is -2.14. The van der Waals surface area contributed by atoms with Crippen LogP contribution in [0.25, 0.3) is 0 Å². The molecule has 2 aromatic heterocycles. The van der Waals surface area contributed by atoms with Gasteiger partial charge in [-0.15, -0.1) is 0 Å². The molecule has 0 bridgehead atoms. The van der Waals surface area contributed by atoms with E-state index in [1.165, 1.54) is 0 Å². The number of carbonyl (C=O) groups excluding carboxylic acids is 1. The van der Waals surface area contributed by atoms with E-state index < -0.39 is 0 Å². The number of nitrogens with zero attached hydrogens (tertiary/aromatic N) is 4. The lowest BCUT2D eigenvalue weighted by Crippen LogP contribution is -2.31. The molecule has 0 unspecified atom stereocenters. The maximum atomic E-state index is 11.0. The molecule has 7 nitrogen and oxygen atoms in total. The van der Waals surface area contributed by atoms with Gasteiger partial charge in [0.25, 0.3) is 0 Å². The zero-order valence-electron chi connectivity index (χ0n) is 13.1. The van der Waals surface area contributed by atoms with Crippen LogP contribution in [-0.2, 0) is 4.79 Å². The summed E-state index contributed by atoms with van der Waals surface area (Å²) in [5, 5.41) is 3.16. The lowest BCUT2D eigenvalue weighted by molar-refractivity contribution is -0.118. The highest BCUT2D eigenvalue weighted by Crippen LogP contribution is 2.26. The summed E-state index contributed by atoms with van der Waals surface area (Å²) in [6.07, 6.45) is 4.45. The van der Waals surface area contributed by atoms with E-state index in [1.807, 2.05) is 25.1 Å². The molecule has 0 aliphatic carbocycles. The minimum absolute atomic E-state index is 0.290. The Kier molecular flexibility index (Phi) is 4.47. The van der Waals surface area contributed by atoms with Crippen molar-refractivity contribution in [3.05, 3.63) is 41.9 Å². The first-order valence-corrected chi connectivity index (χ1v) is 7.64. The number of anilines is 2. The zero-order valence-corrected chi connectivity index (χ0v) is 13.1. The van der Waals surface area contributed by atoms with E-state index in [2.05, 4.69) is 25.2 Å². The van der Waals surface area contributed by atoms with E-state index in [-0.39, 0.29) is 5.91 Å². The van der Waals surface area contributed by atoms with Gasteiger partial charge in [-0.3, -0.25) is 9.69 Å². The molecule has 0 saturated carbocycles. The summed E-state index contributed by atoms with van der Waals surface area (Å²) in [6, 6.07) is 5.80. The fraction of sp³-hybridized carbons (Fsp3) is 0.375. The number of hydrogen-bond acceptors (Lipinski definition) is 6. The summed E-state index contributed by atoms with van der Waals surface area (Å²) in [5.41, 5.74) is 7.27. The molecular formula is C16H20N6O. The molecule has 3 rings (SSSR count).